The summed E-state index contributed by atoms with van der Waals surface area (Å²) in [4.78, 5) is 17.2. The first-order chi connectivity index (χ1) is 12.3. The molecule has 7 nitrogen and oxygen atoms in total. The minimum absolute atomic E-state index is 0.412. The summed E-state index contributed by atoms with van der Waals surface area (Å²) < 4.78 is 7.35. The molecule has 3 aromatic heterocycles. The van der Waals surface area contributed by atoms with Crippen LogP contribution in [0, 0.1) is 0 Å². The molecule has 25 heavy (non-hydrogen) atoms. The first kappa shape index (κ1) is 15.1. The zero-order chi connectivity index (χ0) is 17.2. The van der Waals surface area contributed by atoms with Gasteiger partial charge in [-0.1, -0.05) is 30.3 Å². The second-order valence-corrected chi connectivity index (χ2v) is 5.56. The van der Waals surface area contributed by atoms with Crippen LogP contribution >= 0.6 is 0 Å². The topological polar surface area (TPSA) is 91.7 Å². The molecule has 0 radical (unpaired) electrons. The molecule has 0 aliphatic heterocycles. The fourth-order valence-electron chi connectivity index (χ4n) is 2.77. The molecular weight excluding hydrogens is 316 g/mol. The van der Waals surface area contributed by atoms with E-state index in [9.17, 15) is 0 Å². The maximum Gasteiger partial charge on any atom is 0.223 e. The molecule has 4 aromatic rings. The van der Waals surface area contributed by atoms with Crippen LogP contribution in [0.2, 0.25) is 0 Å². The van der Waals surface area contributed by atoms with Gasteiger partial charge in [0, 0.05) is 23.5 Å². The highest BCUT2D eigenvalue weighted by molar-refractivity contribution is 5.83. The number of nitrogens with zero attached hydrogens (tertiary/aromatic N) is 5. The van der Waals surface area contributed by atoms with Crippen molar-refractivity contribution in [1.29, 1.82) is 0 Å². The molecule has 0 spiro atoms. The molecule has 3 heterocycles. The van der Waals surface area contributed by atoms with Crippen LogP contribution in [-0.4, -0.2) is 31.6 Å². The highest BCUT2D eigenvalue weighted by Crippen LogP contribution is 2.31. The predicted molar refractivity (Wildman–Crippen MR) is 95.1 cm³/mol. The van der Waals surface area contributed by atoms with Gasteiger partial charge in [-0.25, -0.2) is 15.0 Å². The molecule has 0 saturated carbocycles. The van der Waals surface area contributed by atoms with E-state index >= 15 is 0 Å². The summed E-state index contributed by atoms with van der Waals surface area (Å²) in [7, 11) is 1.59. The van der Waals surface area contributed by atoms with Crippen molar-refractivity contribution in [2.24, 2.45) is 0 Å². The smallest absolute Gasteiger partial charge is 0.223 e. The van der Waals surface area contributed by atoms with Crippen molar-refractivity contribution in [1.82, 2.24) is 24.5 Å². The molecule has 0 unspecified atom stereocenters. The summed E-state index contributed by atoms with van der Waals surface area (Å²) in [5, 5.41) is 0. The van der Waals surface area contributed by atoms with Crippen molar-refractivity contribution in [2.45, 2.75) is 6.54 Å². The lowest BCUT2D eigenvalue weighted by Crippen LogP contribution is -2.05. The number of nitrogens with two attached hydrogens (primary N) is 1. The standard InChI is InChI=1S/C18H16N6O/c1-25-17-14(13-8-20-11-21-9-13)7-15-16(23-17)24(18(19)22-15)10-12-5-3-2-4-6-12/h2-9,11H,10H2,1H3,(H2,19,22). The Balaban J connectivity index is 1.86. The number of nitrogen functional groups attached to an aromatic ring is 1. The third kappa shape index (κ3) is 2.76. The Hall–Kier alpha value is -3.48. The van der Waals surface area contributed by atoms with Crippen molar-refractivity contribution in [3.63, 3.8) is 0 Å². The summed E-state index contributed by atoms with van der Waals surface area (Å²) in [6, 6.07) is 11.9. The molecule has 1 aromatic carbocycles. The second-order valence-electron chi connectivity index (χ2n) is 5.56. The average molecular weight is 332 g/mol. The van der Waals surface area contributed by atoms with Crippen LogP contribution < -0.4 is 10.5 Å². The second kappa shape index (κ2) is 6.20. The number of rotatable bonds is 4. The minimum atomic E-state index is 0.412. The van der Waals surface area contributed by atoms with E-state index in [4.69, 9.17) is 10.5 Å². The number of aromatic nitrogens is 5. The Morgan fingerprint density at radius 2 is 1.84 bits per heavy atom. The van der Waals surface area contributed by atoms with Crippen LogP contribution in [0.5, 0.6) is 5.88 Å². The van der Waals surface area contributed by atoms with Crippen molar-refractivity contribution < 1.29 is 4.74 Å². The molecule has 2 N–H and O–H groups in total. The van der Waals surface area contributed by atoms with Crippen LogP contribution in [-0.2, 0) is 6.54 Å². The minimum Gasteiger partial charge on any atom is -0.480 e. The van der Waals surface area contributed by atoms with Crippen LogP contribution in [0.3, 0.4) is 0 Å². The number of methoxy groups -OCH3 is 1. The monoisotopic (exact) mass is 332 g/mol. The quantitative estimate of drug-likeness (QED) is 0.617. The predicted octanol–water partition coefficient (Wildman–Crippen LogP) is 2.53. The lowest BCUT2D eigenvalue weighted by molar-refractivity contribution is 0.400. The largest absolute Gasteiger partial charge is 0.480 e. The molecule has 0 atom stereocenters. The van der Waals surface area contributed by atoms with Crippen molar-refractivity contribution in [2.75, 3.05) is 12.8 Å². The number of pyridine rings is 1. The van der Waals surface area contributed by atoms with Gasteiger partial charge in [0.1, 0.15) is 11.8 Å². The van der Waals surface area contributed by atoms with Gasteiger partial charge in [0.05, 0.1) is 13.7 Å². The van der Waals surface area contributed by atoms with Gasteiger partial charge in [-0.2, -0.15) is 4.98 Å². The Kier molecular flexibility index (Phi) is 3.74. The first-order valence-electron chi connectivity index (χ1n) is 7.76. The Morgan fingerprint density at radius 1 is 1.08 bits per heavy atom. The molecule has 124 valence electrons. The SMILES string of the molecule is COc1nc2c(cc1-c1cncnc1)nc(N)n2Cc1ccccc1. The van der Waals surface area contributed by atoms with E-state index in [2.05, 4.69) is 19.9 Å². The summed E-state index contributed by atoms with van der Waals surface area (Å²) in [5.74, 6) is 0.895. The molecule has 7 heteroatoms. The number of benzene rings is 1. The molecule has 0 aliphatic carbocycles. The first-order valence-corrected chi connectivity index (χ1v) is 7.76. The summed E-state index contributed by atoms with van der Waals surface area (Å²) in [6.45, 7) is 0.590. The maximum absolute atomic E-state index is 6.13. The maximum atomic E-state index is 6.13. The average Bonchev–Trinajstić information content (AvgIpc) is 2.97. The van der Waals surface area contributed by atoms with Crippen LogP contribution in [0.25, 0.3) is 22.3 Å². The molecule has 0 amide bonds. The Labute approximate surface area is 144 Å². The lowest BCUT2D eigenvalue weighted by Gasteiger charge is -2.09. The van der Waals surface area contributed by atoms with E-state index < -0.39 is 0 Å². The van der Waals surface area contributed by atoms with Gasteiger partial charge in [-0.15, -0.1) is 0 Å². The van der Waals surface area contributed by atoms with Crippen molar-refractivity contribution in [3.05, 3.63) is 60.7 Å². The number of ether oxygens (including phenoxy) is 1. The highest BCUT2D eigenvalue weighted by Gasteiger charge is 2.16. The number of hydrogen-bond donors (Lipinski definition) is 1. The van der Waals surface area contributed by atoms with Gasteiger partial charge in [0.15, 0.2) is 5.65 Å². The van der Waals surface area contributed by atoms with E-state index in [1.54, 1.807) is 19.5 Å². The molecule has 0 fully saturated rings. The van der Waals surface area contributed by atoms with Crippen LogP contribution in [0.1, 0.15) is 5.56 Å². The number of anilines is 1. The fraction of sp³-hybridized carbons (Fsp3) is 0.111. The number of fused-ring (bicyclic) bond motifs is 1. The van der Waals surface area contributed by atoms with Gasteiger partial charge >= 0.3 is 0 Å². The summed E-state index contributed by atoms with van der Waals surface area (Å²) in [5.41, 5.74) is 10.2. The zero-order valence-corrected chi connectivity index (χ0v) is 13.6. The van der Waals surface area contributed by atoms with Crippen LogP contribution in [0.15, 0.2) is 55.1 Å². The highest BCUT2D eigenvalue weighted by atomic mass is 16.5. The van der Waals surface area contributed by atoms with Gasteiger partial charge < -0.3 is 10.5 Å². The van der Waals surface area contributed by atoms with Crippen molar-refractivity contribution in [3.8, 4) is 17.0 Å². The van der Waals surface area contributed by atoms with Gasteiger partial charge in [0.2, 0.25) is 11.8 Å². The van der Waals surface area contributed by atoms with E-state index in [1.165, 1.54) is 6.33 Å². The molecular formula is C18H16N6O. The van der Waals surface area contributed by atoms with Crippen molar-refractivity contribution >= 4 is 17.1 Å². The number of imidazole rings is 1. The normalized spacial score (nSPS) is 10.9. The van der Waals surface area contributed by atoms with E-state index in [1.807, 2.05) is 41.0 Å². The molecule has 0 aliphatic rings. The van der Waals surface area contributed by atoms with Gasteiger partial charge in [0.25, 0.3) is 0 Å². The van der Waals surface area contributed by atoms with E-state index in [0.29, 0.717) is 29.5 Å². The third-order valence-corrected chi connectivity index (χ3v) is 3.96. The summed E-state index contributed by atoms with van der Waals surface area (Å²) >= 11 is 0. The fourth-order valence-corrected chi connectivity index (χ4v) is 2.77. The van der Waals surface area contributed by atoms with Crippen LogP contribution in [0.4, 0.5) is 5.95 Å². The van der Waals surface area contributed by atoms with E-state index in [-0.39, 0.29) is 0 Å². The lowest BCUT2D eigenvalue weighted by atomic mass is 10.1. The van der Waals surface area contributed by atoms with Gasteiger partial charge in [-0.05, 0) is 11.6 Å². The Morgan fingerprint density at radius 3 is 2.56 bits per heavy atom. The van der Waals surface area contributed by atoms with Gasteiger partial charge in [-0.3, -0.25) is 4.57 Å². The third-order valence-electron chi connectivity index (χ3n) is 3.96. The Bertz CT molecular complexity index is 1010. The molecule has 4 rings (SSSR count). The number of hydrogen-bond acceptors (Lipinski definition) is 6. The summed E-state index contributed by atoms with van der Waals surface area (Å²) in [6.07, 6.45) is 4.90. The molecule has 0 saturated heterocycles. The zero-order valence-electron chi connectivity index (χ0n) is 13.6. The van der Waals surface area contributed by atoms with E-state index in [0.717, 1.165) is 16.7 Å². The molecule has 0 bridgehead atoms.